The Morgan fingerprint density at radius 3 is 2.14 bits per heavy atom. The van der Waals surface area contributed by atoms with Gasteiger partial charge in [-0.15, -0.1) is 0 Å². The van der Waals surface area contributed by atoms with E-state index in [1.807, 2.05) is 65.6 Å². The predicted octanol–water partition coefficient (Wildman–Crippen LogP) is 4.70. The highest BCUT2D eigenvalue weighted by Crippen LogP contribution is 2.26. The van der Waals surface area contributed by atoms with Crippen LogP contribution in [0.4, 0.5) is 4.79 Å². The summed E-state index contributed by atoms with van der Waals surface area (Å²) in [7, 11) is 0. The van der Waals surface area contributed by atoms with Crippen LogP contribution in [0, 0.1) is 0 Å². The van der Waals surface area contributed by atoms with Gasteiger partial charge in [0.25, 0.3) is 5.56 Å². The first-order chi connectivity index (χ1) is 17.9. The maximum Gasteiger partial charge on any atom is 0.320 e. The highest BCUT2D eigenvalue weighted by molar-refractivity contribution is 6.31. The van der Waals surface area contributed by atoms with Gasteiger partial charge in [0.05, 0.1) is 29.4 Å². The summed E-state index contributed by atoms with van der Waals surface area (Å²) in [6.45, 7) is 1.92. The number of urea groups is 1. The minimum absolute atomic E-state index is 0.0591. The molecule has 0 aliphatic carbocycles. The van der Waals surface area contributed by atoms with Crippen LogP contribution in [-0.2, 0) is 19.6 Å². The van der Waals surface area contributed by atoms with Gasteiger partial charge in [-0.25, -0.2) is 9.78 Å². The molecule has 0 bridgehead atoms. The van der Waals surface area contributed by atoms with Crippen LogP contribution >= 0.6 is 11.6 Å². The number of hydrogen-bond acceptors (Lipinski definition) is 4. The summed E-state index contributed by atoms with van der Waals surface area (Å²) in [5, 5.41) is 12.3. The molecule has 2 amide bonds. The Kier molecular flexibility index (Phi) is 7.26. The number of aromatic nitrogens is 2. The molecule has 4 aromatic rings. The molecule has 5 rings (SSSR count). The first kappa shape index (κ1) is 25.0. The Morgan fingerprint density at radius 2 is 1.54 bits per heavy atom. The molecule has 2 heterocycles. The summed E-state index contributed by atoms with van der Waals surface area (Å²) in [4.78, 5) is 34.5. The zero-order valence-corrected chi connectivity index (χ0v) is 21.2. The second-order valence-corrected chi connectivity index (χ2v) is 10.1. The van der Waals surface area contributed by atoms with Gasteiger partial charge < -0.3 is 14.9 Å². The molecule has 0 unspecified atom stereocenters. The van der Waals surface area contributed by atoms with Crippen LogP contribution in [0.1, 0.15) is 24.0 Å². The number of piperidine rings is 1. The summed E-state index contributed by atoms with van der Waals surface area (Å²) in [6, 6.07) is 24.8. The lowest BCUT2D eigenvalue weighted by Crippen LogP contribution is -2.52. The number of amides is 2. The Morgan fingerprint density at radius 1 is 0.946 bits per heavy atom. The van der Waals surface area contributed by atoms with Crippen LogP contribution in [0.2, 0.25) is 5.02 Å². The number of likely N-dealkylation sites (tertiary alicyclic amines) is 1. The van der Waals surface area contributed by atoms with Gasteiger partial charge in [0.15, 0.2) is 0 Å². The summed E-state index contributed by atoms with van der Waals surface area (Å²) in [5.74, 6) is 0. The van der Waals surface area contributed by atoms with Crippen LogP contribution in [0.3, 0.4) is 0 Å². The van der Waals surface area contributed by atoms with Gasteiger partial charge in [0.2, 0.25) is 0 Å². The van der Waals surface area contributed by atoms with Crippen molar-refractivity contribution in [3.8, 4) is 0 Å². The Bertz CT molecular complexity index is 1390. The number of hydrogen-bond donors (Lipinski definition) is 1. The fourth-order valence-corrected chi connectivity index (χ4v) is 5.00. The van der Waals surface area contributed by atoms with E-state index in [1.165, 1.54) is 10.9 Å². The highest BCUT2D eigenvalue weighted by Gasteiger charge is 2.36. The number of aliphatic hydroxyl groups is 1. The number of benzene rings is 3. The normalized spacial score (nSPS) is 15.0. The lowest BCUT2D eigenvalue weighted by Gasteiger charge is -2.40. The van der Waals surface area contributed by atoms with Crippen molar-refractivity contribution >= 4 is 28.5 Å². The number of fused-ring (bicyclic) bond motifs is 1. The SMILES string of the molecule is O=C(N1CCC(O)(Cn2cnc3cc(Cl)ccc3c2=O)CC1)N(Cc1ccccc1)Cc1ccccc1. The molecule has 8 heteroatoms. The van der Waals surface area contributed by atoms with Crippen molar-refractivity contribution in [2.75, 3.05) is 13.1 Å². The minimum Gasteiger partial charge on any atom is -0.388 e. The minimum atomic E-state index is -1.11. The third kappa shape index (κ3) is 5.84. The topological polar surface area (TPSA) is 78.7 Å². The molecule has 1 aliphatic heterocycles. The van der Waals surface area contributed by atoms with Gasteiger partial charge >= 0.3 is 6.03 Å². The second kappa shape index (κ2) is 10.7. The van der Waals surface area contributed by atoms with E-state index >= 15 is 0 Å². The van der Waals surface area contributed by atoms with Crippen LogP contribution < -0.4 is 5.56 Å². The zero-order valence-electron chi connectivity index (χ0n) is 20.5. The molecular weight excluding hydrogens is 488 g/mol. The smallest absolute Gasteiger partial charge is 0.320 e. The molecule has 37 heavy (non-hydrogen) atoms. The van der Waals surface area contributed by atoms with Gasteiger partial charge in [-0.05, 0) is 42.2 Å². The number of halogens is 1. The summed E-state index contributed by atoms with van der Waals surface area (Å²) in [5.41, 5.74) is 1.32. The second-order valence-electron chi connectivity index (χ2n) is 9.66. The van der Waals surface area contributed by atoms with Crippen molar-refractivity contribution in [2.24, 2.45) is 0 Å². The predicted molar refractivity (Wildman–Crippen MR) is 144 cm³/mol. The third-order valence-corrected chi connectivity index (χ3v) is 7.15. The molecular formula is C29H29ClN4O3. The Balaban J connectivity index is 1.28. The van der Waals surface area contributed by atoms with Crippen LogP contribution in [0.5, 0.6) is 0 Å². The van der Waals surface area contributed by atoms with Crippen molar-refractivity contribution in [2.45, 2.75) is 38.1 Å². The van der Waals surface area contributed by atoms with E-state index in [-0.39, 0.29) is 18.1 Å². The average Bonchev–Trinajstić information content (AvgIpc) is 2.91. The van der Waals surface area contributed by atoms with Crippen LogP contribution in [0.25, 0.3) is 10.9 Å². The average molecular weight is 517 g/mol. The van der Waals surface area contributed by atoms with E-state index < -0.39 is 5.60 Å². The Hall–Kier alpha value is -3.68. The maximum atomic E-state index is 13.6. The first-order valence-electron chi connectivity index (χ1n) is 12.4. The van der Waals surface area contributed by atoms with Crippen molar-refractivity contribution in [1.82, 2.24) is 19.4 Å². The summed E-state index contributed by atoms with van der Waals surface area (Å²) < 4.78 is 1.45. The van der Waals surface area contributed by atoms with Gasteiger partial charge in [-0.3, -0.25) is 9.36 Å². The number of nitrogens with zero attached hydrogens (tertiary/aromatic N) is 4. The van der Waals surface area contributed by atoms with Crippen molar-refractivity contribution < 1.29 is 9.90 Å². The fraction of sp³-hybridized carbons (Fsp3) is 0.276. The van der Waals surface area contributed by atoms with Crippen molar-refractivity contribution in [1.29, 1.82) is 0 Å². The molecule has 3 aromatic carbocycles. The lowest BCUT2D eigenvalue weighted by atomic mass is 9.91. The number of carbonyl (C=O) groups excluding carboxylic acids is 1. The van der Waals surface area contributed by atoms with E-state index in [9.17, 15) is 14.7 Å². The standard InChI is InChI=1S/C29H29ClN4O3/c30-24-11-12-25-26(17-24)31-21-34(27(25)35)20-29(37)13-15-32(16-14-29)28(36)33(18-22-7-3-1-4-8-22)19-23-9-5-2-6-10-23/h1-12,17,21,37H,13-16,18-20H2. The molecule has 1 aromatic heterocycles. The molecule has 190 valence electrons. The summed E-state index contributed by atoms with van der Waals surface area (Å²) in [6.07, 6.45) is 2.20. The monoisotopic (exact) mass is 516 g/mol. The van der Waals surface area contributed by atoms with Gasteiger partial charge in [0.1, 0.15) is 0 Å². The molecule has 0 radical (unpaired) electrons. The largest absolute Gasteiger partial charge is 0.388 e. The van der Waals surface area contributed by atoms with E-state index in [4.69, 9.17) is 11.6 Å². The molecule has 0 saturated carbocycles. The molecule has 1 fully saturated rings. The third-order valence-electron chi connectivity index (χ3n) is 6.92. The van der Waals surface area contributed by atoms with Crippen molar-refractivity contribution in [3.63, 3.8) is 0 Å². The summed E-state index contributed by atoms with van der Waals surface area (Å²) >= 11 is 6.02. The lowest BCUT2D eigenvalue weighted by molar-refractivity contribution is -0.0294. The number of rotatable bonds is 6. The maximum absolute atomic E-state index is 13.6. The van der Waals surface area contributed by atoms with E-state index in [2.05, 4.69) is 4.98 Å². The number of carbonyl (C=O) groups is 1. The molecule has 1 aliphatic rings. The molecule has 7 nitrogen and oxygen atoms in total. The fourth-order valence-electron chi connectivity index (χ4n) is 4.83. The zero-order chi connectivity index (χ0) is 25.8. The van der Waals surface area contributed by atoms with E-state index in [0.717, 1.165) is 11.1 Å². The van der Waals surface area contributed by atoms with Crippen molar-refractivity contribution in [3.05, 3.63) is 112 Å². The van der Waals surface area contributed by atoms with E-state index in [1.54, 1.807) is 23.1 Å². The quantitative estimate of drug-likeness (QED) is 0.403. The molecule has 1 saturated heterocycles. The molecule has 0 atom stereocenters. The molecule has 1 N–H and O–H groups in total. The van der Waals surface area contributed by atoms with E-state index in [0.29, 0.717) is 54.9 Å². The highest BCUT2D eigenvalue weighted by atomic mass is 35.5. The van der Waals surface area contributed by atoms with Gasteiger partial charge in [0, 0.05) is 31.2 Å². The van der Waals surface area contributed by atoms with Gasteiger partial charge in [-0.2, -0.15) is 0 Å². The van der Waals surface area contributed by atoms with Gasteiger partial charge in [-0.1, -0.05) is 72.3 Å². The first-order valence-corrected chi connectivity index (χ1v) is 12.8. The Labute approximate surface area is 220 Å². The van der Waals surface area contributed by atoms with Crippen LogP contribution in [0.15, 0.2) is 90.0 Å². The molecule has 0 spiro atoms. The van der Waals surface area contributed by atoms with Crippen LogP contribution in [-0.4, -0.2) is 49.2 Å².